The number of benzene rings is 2. The summed E-state index contributed by atoms with van der Waals surface area (Å²) >= 11 is 1.41. The number of anilines is 1. The van der Waals surface area contributed by atoms with Crippen LogP contribution < -0.4 is 9.64 Å². The number of carbonyl (C=O) groups is 1. The van der Waals surface area contributed by atoms with Crippen LogP contribution >= 0.6 is 11.3 Å². The second-order valence-corrected chi connectivity index (χ2v) is 7.54. The van der Waals surface area contributed by atoms with Crippen LogP contribution in [0, 0.1) is 0 Å². The van der Waals surface area contributed by atoms with Crippen molar-refractivity contribution in [2.75, 3.05) is 12.0 Å². The minimum Gasteiger partial charge on any atom is -0.496 e. The first-order valence-corrected chi connectivity index (χ1v) is 10.1. The smallest absolute Gasteiger partial charge is 0.284 e. The van der Waals surface area contributed by atoms with Gasteiger partial charge in [0.1, 0.15) is 17.3 Å². The number of methoxy groups -OCH3 is 1. The van der Waals surface area contributed by atoms with E-state index in [4.69, 9.17) is 4.74 Å². The van der Waals surface area contributed by atoms with Crippen LogP contribution in [0.2, 0.25) is 0 Å². The molecule has 0 bridgehead atoms. The zero-order valence-corrected chi connectivity index (χ0v) is 16.8. The number of hydrogen-bond acceptors (Lipinski definition) is 6. The quantitative estimate of drug-likeness (QED) is 0.462. The van der Waals surface area contributed by atoms with Crippen LogP contribution in [-0.4, -0.2) is 28.8 Å². The van der Waals surface area contributed by atoms with Gasteiger partial charge in [0, 0.05) is 17.3 Å². The molecule has 0 radical (unpaired) electrons. The summed E-state index contributed by atoms with van der Waals surface area (Å²) in [4.78, 5) is 28.5. The number of rotatable bonds is 4. The molecule has 0 saturated carbocycles. The van der Waals surface area contributed by atoms with Crippen molar-refractivity contribution in [1.29, 1.82) is 0 Å². The molecule has 2 aromatic heterocycles. The maximum Gasteiger partial charge on any atom is 0.284 e. The third-order valence-corrected chi connectivity index (χ3v) is 5.66. The Morgan fingerprint density at radius 1 is 1.00 bits per heavy atom. The highest BCUT2D eigenvalue weighted by Gasteiger charge is 2.34. The SMILES string of the molecule is COc1ccccc1C=C1N=C(c2ccccc2)N(c2nc3ncccc3s2)C1=O. The van der Waals surface area contributed by atoms with E-state index in [0.717, 1.165) is 15.8 Å². The van der Waals surface area contributed by atoms with Crippen LogP contribution in [0.25, 0.3) is 16.4 Å². The Morgan fingerprint density at radius 2 is 1.80 bits per heavy atom. The third-order valence-electron chi connectivity index (χ3n) is 4.67. The highest BCUT2D eigenvalue weighted by atomic mass is 32.1. The highest BCUT2D eigenvalue weighted by molar-refractivity contribution is 7.22. The second-order valence-electron chi connectivity index (χ2n) is 6.54. The lowest BCUT2D eigenvalue weighted by atomic mass is 10.1. The number of pyridine rings is 1. The average molecular weight is 412 g/mol. The fraction of sp³-hybridized carbons (Fsp3) is 0.0435. The van der Waals surface area contributed by atoms with E-state index in [1.165, 1.54) is 11.3 Å². The highest BCUT2D eigenvalue weighted by Crippen LogP contribution is 2.34. The molecule has 4 aromatic rings. The average Bonchev–Trinajstić information content (AvgIpc) is 3.35. The van der Waals surface area contributed by atoms with Crippen molar-refractivity contribution in [1.82, 2.24) is 9.97 Å². The minimum atomic E-state index is -0.237. The molecular formula is C23H16N4O2S. The molecular weight excluding hydrogens is 396 g/mol. The van der Waals surface area contributed by atoms with E-state index >= 15 is 0 Å². The summed E-state index contributed by atoms with van der Waals surface area (Å²) in [5.41, 5.74) is 2.55. The van der Waals surface area contributed by atoms with Gasteiger partial charge in [0.2, 0.25) is 5.13 Å². The summed E-state index contributed by atoms with van der Waals surface area (Å²) < 4.78 is 6.33. The number of fused-ring (bicyclic) bond motifs is 1. The van der Waals surface area contributed by atoms with E-state index in [1.54, 1.807) is 24.3 Å². The van der Waals surface area contributed by atoms with Crippen molar-refractivity contribution >= 4 is 44.6 Å². The number of amidine groups is 1. The number of ether oxygens (including phenoxy) is 1. The molecule has 7 heteroatoms. The Morgan fingerprint density at radius 3 is 2.60 bits per heavy atom. The van der Waals surface area contributed by atoms with E-state index in [2.05, 4.69) is 15.0 Å². The number of amides is 1. The predicted octanol–water partition coefficient (Wildman–Crippen LogP) is 4.53. The zero-order valence-electron chi connectivity index (χ0n) is 16.0. The Hall–Kier alpha value is -3.84. The molecule has 1 amide bonds. The van der Waals surface area contributed by atoms with Gasteiger partial charge >= 0.3 is 0 Å². The van der Waals surface area contributed by atoms with E-state index < -0.39 is 0 Å². The van der Waals surface area contributed by atoms with E-state index in [-0.39, 0.29) is 5.91 Å². The molecule has 2 aromatic carbocycles. The Bertz CT molecular complexity index is 1280. The van der Waals surface area contributed by atoms with Gasteiger partial charge in [-0.2, -0.15) is 4.98 Å². The fourth-order valence-corrected chi connectivity index (χ4v) is 4.19. The van der Waals surface area contributed by atoms with Crippen LogP contribution in [0.15, 0.2) is 83.6 Å². The molecule has 0 unspecified atom stereocenters. The van der Waals surface area contributed by atoms with Crippen molar-refractivity contribution in [2.24, 2.45) is 4.99 Å². The monoisotopic (exact) mass is 412 g/mol. The molecule has 1 aliphatic heterocycles. The third kappa shape index (κ3) is 3.15. The summed E-state index contributed by atoms with van der Waals surface area (Å²) in [6.07, 6.45) is 3.44. The van der Waals surface area contributed by atoms with Crippen molar-refractivity contribution in [3.05, 3.63) is 89.8 Å². The number of nitrogens with zero attached hydrogens (tertiary/aromatic N) is 4. The molecule has 0 spiro atoms. The first-order valence-electron chi connectivity index (χ1n) is 9.29. The van der Waals surface area contributed by atoms with E-state index in [1.807, 2.05) is 66.7 Å². The van der Waals surface area contributed by atoms with Gasteiger partial charge < -0.3 is 4.74 Å². The maximum atomic E-state index is 13.4. The largest absolute Gasteiger partial charge is 0.496 e. The topological polar surface area (TPSA) is 67.7 Å². The molecule has 6 nitrogen and oxygen atoms in total. The van der Waals surface area contributed by atoms with Gasteiger partial charge in [-0.15, -0.1) is 0 Å². The molecule has 1 aliphatic rings. The van der Waals surface area contributed by atoms with Crippen molar-refractivity contribution in [3.63, 3.8) is 0 Å². The van der Waals surface area contributed by atoms with Crippen molar-refractivity contribution in [3.8, 4) is 5.75 Å². The van der Waals surface area contributed by atoms with Gasteiger partial charge in [-0.3, -0.25) is 4.79 Å². The maximum absolute atomic E-state index is 13.4. The lowest BCUT2D eigenvalue weighted by molar-refractivity contribution is -0.113. The van der Waals surface area contributed by atoms with Gasteiger partial charge in [0.25, 0.3) is 5.91 Å². The molecule has 30 heavy (non-hydrogen) atoms. The van der Waals surface area contributed by atoms with Gasteiger partial charge in [-0.25, -0.2) is 14.9 Å². The number of aromatic nitrogens is 2. The molecule has 0 saturated heterocycles. The van der Waals surface area contributed by atoms with Gasteiger partial charge in [-0.05, 0) is 24.3 Å². The molecule has 3 heterocycles. The molecule has 0 aliphatic carbocycles. The van der Waals surface area contributed by atoms with Crippen LogP contribution in [-0.2, 0) is 4.79 Å². The van der Waals surface area contributed by atoms with Crippen molar-refractivity contribution in [2.45, 2.75) is 0 Å². The van der Waals surface area contributed by atoms with Crippen LogP contribution in [0.3, 0.4) is 0 Å². The molecule has 0 N–H and O–H groups in total. The first-order chi connectivity index (χ1) is 14.7. The van der Waals surface area contributed by atoms with E-state index in [9.17, 15) is 4.79 Å². The summed E-state index contributed by atoms with van der Waals surface area (Å²) in [6, 6.07) is 20.9. The van der Waals surface area contributed by atoms with Gasteiger partial charge in [-0.1, -0.05) is 59.9 Å². The predicted molar refractivity (Wildman–Crippen MR) is 119 cm³/mol. The number of thiazole rings is 1. The standard InChI is InChI=1S/C23H16N4O2S/c1-29-18-11-6-5-10-16(18)14-17-22(28)27(21(25-17)15-8-3-2-4-9-15)23-26-20-19(30-23)12-7-13-24-20/h2-14H,1H3. The minimum absolute atomic E-state index is 0.237. The number of aliphatic imine (C=N–C) groups is 1. The Kier molecular flexibility index (Phi) is 4.57. The summed E-state index contributed by atoms with van der Waals surface area (Å²) in [5.74, 6) is 0.983. The molecule has 146 valence electrons. The lowest BCUT2D eigenvalue weighted by Gasteiger charge is -2.14. The first kappa shape index (κ1) is 18.2. The number of carbonyl (C=O) groups excluding carboxylic acids is 1. The molecule has 0 fully saturated rings. The Labute approximate surface area is 176 Å². The summed E-state index contributed by atoms with van der Waals surface area (Å²) in [7, 11) is 1.60. The van der Waals surface area contributed by atoms with Gasteiger partial charge in [0.05, 0.1) is 11.8 Å². The number of hydrogen-bond donors (Lipinski definition) is 0. The molecule has 0 atom stereocenters. The summed E-state index contributed by atoms with van der Waals surface area (Å²) in [6.45, 7) is 0. The van der Waals surface area contributed by atoms with Crippen LogP contribution in [0.4, 0.5) is 5.13 Å². The lowest BCUT2D eigenvalue weighted by Crippen LogP contribution is -2.32. The van der Waals surface area contributed by atoms with E-state index in [0.29, 0.717) is 28.1 Å². The van der Waals surface area contributed by atoms with Crippen LogP contribution in [0.5, 0.6) is 5.75 Å². The molecule has 5 rings (SSSR count). The summed E-state index contributed by atoms with van der Waals surface area (Å²) in [5, 5.41) is 0.541. The van der Waals surface area contributed by atoms with Gasteiger partial charge in [0.15, 0.2) is 5.65 Å². The van der Waals surface area contributed by atoms with Crippen molar-refractivity contribution < 1.29 is 9.53 Å². The fourth-order valence-electron chi connectivity index (χ4n) is 3.26. The zero-order chi connectivity index (χ0) is 20.5. The number of para-hydroxylation sites is 1. The second kappa shape index (κ2) is 7.53. The normalized spacial score (nSPS) is 15.1. The Balaban J connectivity index is 1.65. The van der Waals surface area contributed by atoms with Crippen LogP contribution in [0.1, 0.15) is 11.1 Å².